The molecule has 6 nitrogen and oxygen atoms in total. The minimum Gasteiger partial charge on any atom is -0.435 e. The van der Waals surface area contributed by atoms with E-state index in [4.69, 9.17) is 0 Å². The molecule has 1 heterocycles. The lowest BCUT2D eigenvalue weighted by atomic mass is 10.1. The summed E-state index contributed by atoms with van der Waals surface area (Å²) in [6.07, 6.45) is -4.67. The molecule has 0 spiro atoms. The Hall–Kier alpha value is -3.76. The number of amides is 1. The van der Waals surface area contributed by atoms with Gasteiger partial charge in [0.15, 0.2) is 5.69 Å². The molecule has 1 N–H and O–H groups in total. The summed E-state index contributed by atoms with van der Waals surface area (Å²) in [5.74, 6) is -0.970. The molecular formula is C21H16F5N3O3. The van der Waals surface area contributed by atoms with Crippen molar-refractivity contribution in [2.24, 2.45) is 0 Å². The first-order chi connectivity index (χ1) is 15.1. The third-order valence-corrected chi connectivity index (χ3v) is 4.36. The summed E-state index contributed by atoms with van der Waals surface area (Å²) < 4.78 is 69.6. The fourth-order valence-corrected chi connectivity index (χ4v) is 2.90. The van der Waals surface area contributed by atoms with Gasteiger partial charge in [0.2, 0.25) is 5.43 Å². The van der Waals surface area contributed by atoms with Crippen LogP contribution in [0.15, 0.2) is 59.4 Å². The Labute approximate surface area is 178 Å². The highest BCUT2D eigenvalue weighted by molar-refractivity contribution is 5.92. The van der Waals surface area contributed by atoms with Crippen LogP contribution in [0.3, 0.4) is 0 Å². The number of nitrogens with one attached hydrogen (secondary N) is 1. The van der Waals surface area contributed by atoms with Gasteiger partial charge < -0.3 is 10.1 Å². The first-order valence-corrected chi connectivity index (χ1v) is 9.16. The molecule has 2 aromatic carbocycles. The summed E-state index contributed by atoms with van der Waals surface area (Å²) in [4.78, 5) is 24.8. The molecule has 0 saturated heterocycles. The number of aryl methyl sites for hydroxylation is 1. The molecular weight excluding hydrogens is 437 g/mol. The van der Waals surface area contributed by atoms with Crippen LogP contribution in [0.5, 0.6) is 5.75 Å². The van der Waals surface area contributed by atoms with Crippen LogP contribution in [-0.2, 0) is 12.7 Å². The Morgan fingerprint density at radius 1 is 1.12 bits per heavy atom. The zero-order valence-corrected chi connectivity index (χ0v) is 16.5. The Morgan fingerprint density at radius 2 is 1.78 bits per heavy atom. The quantitative estimate of drug-likeness (QED) is 0.571. The number of benzene rings is 2. The zero-order chi connectivity index (χ0) is 23.5. The first kappa shape index (κ1) is 22.9. The summed E-state index contributed by atoms with van der Waals surface area (Å²) in [5.41, 5.74) is -2.04. The number of aromatic nitrogens is 2. The minimum absolute atomic E-state index is 0.0681. The van der Waals surface area contributed by atoms with Crippen molar-refractivity contribution in [2.75, 3.05) is 0 Å². The average Bonchev–Trinajstić information content (AvgIpc) is 2.72. The van der Waals surface area contributed by atoms with Crippen LogP contribution in [-0.4, -0.2) is 22.3 Å². The molecule has 1 amide bonds. The van der Waals surface area contributed by atoms with Crippen molar-refractivity contribution in [1.82, 2.24) is 15.1 Å². The topological polar surface area (TPSA) is 73.2 Å². The predicted octanol–water partition coefficient (Wildman–Crippen LogP) is 4.09. The number of hydrogen-bond donors (Lipinski definition) is 1. The molecule has 1 aromatic heterocycles. The SMILES string of the molecule is Cc1cc(=O)c(C(=O)NCc2ccc(OC(F)F)cc2)nn1-c1ccccc1C(F)(F)F. The summed E-state index contributed by atoms with van der Waals surface area (Å²) in [7, 11) is 0. The highest BCUT2D eigenvalue weighted by Gasteiger charge is 2.34. The highest BCUT2D eigenvalue weighted by atomic mass is 19.4. The lowest BCUT2D eigenvalue weighted by Gasteiger charge is -2.16. The molecule has 0 saturated carbocycles. The van der Waals surface area contributed by atoms with Crippen LogP contribution in [0.4, 0.5) is 22.0 Å². The van der Waals surface area contributed by atoms with Crippen molar-refractivity contribution in [3.05, 3.63) is 87.3 Å². The number of para-hydroxylation sites is 1. The molecule has 0 atom stereocenters. The second kappa shape index (κ2) is 9.16. The number of ether oxygens (including phenoxy) is 1. The number of hydrogen-bond acceptors (Lipinski definition) is 4. The lowest BCUT2D eigenvalue weighted by molar-refractivity contribution is -0.137. The number of alkyl halides is 5. The van der Waals surface area contributed by atoms with E-state index in [2.05, 4.69) is 15.2 Å². The normalized spacial score (nSPS) is 11.5. The molecule has 0 radical (unpaired) electrons. The molecule has 0 fully saturated rings. The van der Waals surface area contributed by atoms with Crippen molar-refractivity contribution < 1.29 is 31.5 Å². The van der Waals surface area contributed by atoms with E-state index in [0.29, 0.717) is 5.56 Å². The van der Waals surface area contributed by atoms with Crippen molar-refractivity contribution >= 4 is 5.91 Å². The standard InChI is InChI=1S/C21H16F5N3O3/c1-12-10-17(30)18(28-29(12)16-5-3-2-4-15(16)21(24,25)26)19(31)27-11-13-6-8-14(9-7-13)32-20(22)23/h2-10,20H,11H2,1H3,(H,27,31). The molecule has 168 valence electrons. The van der Waals surface area contributed by atoms with Gasteiger partial charge in [0, 0.05) is 18.3 Å². The Kier molecular flexibility index (Phi) is 6.56. The van der Waals surface area contributed by atoms with Gasteiger partial charge in [-0.05, 0) is 36.8 Å². The zero-order valence-electron chi connectivity index (χ0n) is 16.5. The van der Waals surface area contributed by atoms with Gasteiger partial charge in [-0.2, -0.15) is 27.1 Å². The number of carbonyl (C=O) groups is 1. The molecule has 3 rings (SSSR count). The molecule has 0 aliphatic heterocycles. The summed E-state index contributed by atoms with van der Waals surface area (Å²) in [5, 5.41) is 6.30. The van der Waals surface area contributed by atoms with Gasteiger partial charge in [-0.3, -0.25) is 9.59 Å². The molecule has 0 aliphatic carbocycles. The van der Waals surface area contributed by atoms with Crippen molar-refractivity contribution in [1.29, 1.82) is 0 Å². The van der Waals surface area contributed by atoms with E-state index in [1.54, 1.807) is 0 Å². The van der Waals surface area contributed by atoms with Crippen molar-refractivity contribution in [3.8, 4) is 11.4 Å². The van der Waals surface area contributed by atoms with Gasteiger partial charge in [-0.15, -0.1) is 0 Å². The third-order valence-electron chi connectivity index (χ3n) is 4.36. The first-order valence-electron chi connectivity index (χ1n) is 9.16. The van der Waals surface area contributed by atoms with Crippen LogP contribution in [0.1, 0.15) is 27.3 Å². The molecule has 0 aliphatic rings. The summed E-state index contributed by atoms with van der Waals surface area (Å²) in [6, 6.07) is 11.1. The minimum atomic E-state index is -4.67. The second-order valence-corrected chi connectivity index (χ2v) is 6.63. The summed E-state index contributed by atoms with van der Waals surface area (Å²) >= 11 is 0. The molecule has 11 heteroatoms. The molecule has 0 bridgehead atoms. The second-order valence-electron chi connectivity index (χ2n) is 6.63. The van der Waals surface area contributed by atoms with Crippen LogP contribution >= 0.6 is 0 Å². The van der Waals surface area contributed by atoms with Crippen LogP contribution in [0.2, 0.25) is 0 Å². The Balaban J connectivity index is 1.85. The Bertz CT molecular complexity index is 1170. The number of halogens is 5. The maximum Gasteiger partial charge on any atom is 0.418 e. The van der Waals surface area contributed by atoms with Crippen molar-refractivity contribution in [2.45, 2.75) is 26.3 Å². The van der Waals surface area contributed by atoms with Gasteiger partial charge in [0.25, 0.3) is 5.91 Å². The van der Waals surface area contributed by atoms with E-state index in [0.717, 1.165) is 16.8 Å². The lowest BCUT2D eigenvalue weighted by Crippen LogP contribution is -2.32. The largest absolute Gasteiger partial charge is 0.435 e. The summed E-state index contributed by atoms with van der Waals surface area (Å²) in [6.45, 7) is -1.66. The molecule has 3 aromatic rings. The van der Waals surface area contributed by atoms with E-state index in [1.807, 2.05) is 0 Å². The van der Waals surface area contributed by atoms with E-state index in [-0.39, 0.29) is 23.7 Å². The maximum absolute atomic E-state index is 13.4. The van der Waals surface area contributed by atoms with Gasteiger partial charge in [0.1, 0.15) is 5.75 Å². The van der Waals surface area contributed by atoms with Crippen LogP contribution < -0.4 is 15.5 Å². The highest BCUT2D eigenvalue weighted by Crippen LogP contribution is 2.33. The monoisotopic (exact) mass is 453 g/mol. The van der Waals surface area contributed by atoms with Crippen LogP contribution in [0.25, 0.3) is 5.69 Å². The molecule has 32 heavy (non-hydrogen) atoms. The van der Waals surface area contributed by atoms with Gasteiger partial charge in [0.05, 0.1) is 11.3 Å². The van der Waals surface area contributed by atoms with E-state index >= 15 is 0 Å². The molecule has 0 unspecified atom stereocenters. The van der Waals surface area contributed by atoms with Gasteiger partial charge in [-0.1, -0.05) is 24.3 Å². The number of carbonyl (C=O) groups excluding carboxylic acids is 1. The fraction of sp³-hybridized carbons (Fsp3) is 0.190. The Morgan fingerprint density at radius 3 is 2.41 bits per heavy atom. The van der Waals surface area contributed by atoms with Gasteiger partial charge in [-0.25, -0.2) is 4.68 Å². The predicted molar refractivity (Wildman–Crippen MR) is 104 cm³/mol. The number of nitrogens with zero attached hydrogens (tertiary/aromatic N) is 2. The average molecular weight is 453 g/mol. The fourth-order valence-electron chi connectivity index (χ4n) is 2.90. The maximum atomic E-state index is 13.4. The van der Waals surface area contributed by atoms with E-state index in [1.165, 1.54) is 49.4 Å². The smallest absolute Gasteiger partial charge is 0.418 e. The van der Waals surface area contributed by atoms with Crippen molar-refractivity contribution in [3.63, 3.8) is 0 Å². The number of rotatable bonds is 6. The van der Waals surface area contributed by atoms with Crippen LogP contribution in [0, 0.1) is 6.92 Å². The van der Waals surface area contributed by atoms with E-state index in [9.17, 15) is 31.5 Å². The van der Waals surface area contributed by atoms with Gasteiger partial charge >= 0.3 is 12.8 Å². The van der Waals surface area contributed by atoms with E-state index < -0.39 is 35.4 Å². The third kappa shape index (κ3) is 5.29.